The van der Waals surface area contributed by atoms with E-state index >= 15 is 0 Å². The molecule has 2 aromatic carbocycles. The van der Waals surface area contributed by atoms with E-state index in [1.165, 1.54) is 31.4 Å². The number of hydrogen-bond donors (Lipinski definition) is 2. The number of ether oxygens (including phenoxy) is 1. The third-order valence-corrected chi connectivity index (χ3v) is 3.28. The van der Waals surface area contributed by atoms with E-state index in [0.717, 1.165) is 6.07 Å². The van der Waals surface area contributed by atoms with E-state index in [4.69, 9.17) is 0 Å². The number of nitrogens with one attached hydrogen (secondary N) is 2. The molecule has 2 aromatic rings. The number of anilines is 1. The van der Waals surface area contributed by atoms with Crippen LogP contribution in [0.1, 0.15) is 20.7 Å². The fraction of sp³-hybridized carbons (Fsp3) is 0.118. The molecule has 0 heterocycles. The Morgan fingerprint density at radius 1 is 0.962 bits per heavy atom. The lowest BCUT2D eigenvalue weighted by atomic mass is 10.2. The fourth-order valence-corrected chi connectivity index (χ4v) is 1.97. The van der Waals surface area contributed by atoms with Gasteiger partial charge in [0.05, 0.1) is 24.8 Å². The predicted molar refractivity (Wildman–Crippen MR) is 85.1 cm³/mol. The second-order valence-electron chi connectivity index (χ2n) is 5.02. The molecule has 0 aliphatic heterocycles. The van der Waals surface area contributed by atoms with Crippen molar-refractivity contribution in [3.63, 3.8) is 0 Å². The van der Waals surface area contributed by atoms with Crippen molar-refractivity contribution in [1.29, 1.82) is 0 Å². The Morgan fingerprint density at radius 2 is 1.62 bits per heavy atom. The zero-order valence-electron chi connectivity index (χ0n) is 13.4. The summed E-state index contributed by atoms with van der Waals surface area (Å²) in [6, 6.07) is 7.12. The zero-order chi connectivity index (χ0) is 19.3. The van der Waals surface area contributed by atoms with Gasteiger partial charge in [0.1, 0.15) is 0 Å². The molecule has 26 heavy (non-hydrogen) atoms. The van der Waals surface area contributed by atoms with Crippen LogP contribution >= 0.6 is 0 Å². The Labute approximate surface area is 146 Å². The summed E-state index contributed by atoms with van der Waals surface area (Å²) in [4.78, 5) is 34.8. The van der Waals surface area contributed by atoms with Gasteiger partial charge in [0.25, 0.3) is 5.91 Å². The van der Waals surface area contributed by atoms with Gasteiger partial charge in [-0.3, -0.25) is 9.59 Å². The Balaban J connectivity index is 1.93. The van der Waals surface area contributed by atoms with Gasteiger partial charge in [-0.1, -0.05) is 0 Å². The van der Waals surface area contributed by atoms with Gasteiger partial charge in [-0.25, -0.2) is 18.0 Å². The minimum Gasteiger partial charge on any atom is -0.465 e. The lowest BCUT2D eigenvalue weighted by Gasteiger charge is -2.08. The van der Waals surface area contributed by atoms with Crippen LogP contribution in [-0.4, -0.2) is 31.4 Å². The third kappa shape index (κ3) is 4.38. The maximum absolute atomic E-state index is 13.5. The fourth-order valence-electron chi connectivity index (χ4n) is 1.97. The first-order valence-electron chi connectivity index (χ1n) is 7.23. The molecule has 9 heteroatoms. The molecule has 0 fully saturated rings. The summed E-state index contributed by atoms with van der Waals surface area (Å²) in [5, 5.41) is 4.53. The number of benzene rings is 2. The molecule has 0 unspecified atom stereocenters. The summed E-state index contributed by atoms with van der Waals surface area (Å²) in [5.74, 6) is -7.09. The van der Waals surface area contributed by atoms with Crippen LogP contribution in [0.3, 0.4) is 0 Å². The number of carbonyl (C=O) groups is 3. The van der Waals surface area contributed by atoms with E-state index in [9.17, 15) is 27.6 Å². The van der Waals surface area contributed by atoms with E-state index in [-0.39, 0.29) is 5.56 Å². The maximum Gasteiger partial charge on any atom is 0.337 e. The van der Waals surface area contributed by atoms with Crippen molar-refractivity contribution in [2.75, 3.05) is 19.0 Å². The standard InChI is InChI=1S/C17H13F3N2O4/c1-26-17(25)9-2-4-10(5-3-9)22-13(23)8-21-16(24)11-6-7-12(18)15(20)14(11)19/h2-7H,8H2,1H3,(H,21,24)(H,22,23). The van der Waals surface area contributed by atoms with Gasteiger partial charge in [0.15, 0.2) is 17.5 Å². The molecular formula is C17H13F3N2O4. The van der Waals surface area contributed by atoms with E-state index < -0.39 is 47.3 Å². The highest BCUT2D eigenvalue weighted by molar-refractivity contribution is 5.99. The van der Waals surface area contributed by atoms with Gasteiger partial charge in [-0.05, 0) is 36.4 Å². The molecule has 0 bridgehead atoms. The highest BCUT2D eigenvalue weighted by atomic mass is 19.2. The lowest BCUT2D eigenvalue weighted by molar-refractivity contribution is -0.115. The molecule has 0 atom stereocenters. The number of halogens is 3. The van der Waals surface area contributed by atoms with Crippen LogP contribution in [0.5, 0.6) is 0 Å². The van der Waals surface area contributed by atoms with Crippen molar-refractivity contribution >= 4 is 23.5 Å². The summed E-state index contributed by atoms with van der Waals surface area (Å²) in [5.41, 5.74) is -0.0948. The van der Waals surface area contributed by atoms with E-state index in [1.54, 1.807) is 0 Å². The van der Waals surface area contributed by atoms with Crippen LogP contribution in [-0.2, 0) is 9.53 Å². The van der Waals surface area contributed by atoms with Crippen molar-refractivity contribution in [1.82, 2.24) is 5.32 Å². The first-order valence-corrected chi connectivity index (χ1v) is 7.23. The second kappa shape index (κ2) is 8.15. The van der Waals surface area contributed by atoms with E-state index in [2.05, 4.69) is 15.4 Å². The first kappa shape index (κ1) is 19.0. The van der Waals surface area contributed by atoms with Crippen molar-refractivity contribution in [3.05, 3.63) is 65.0 Å². The van der Waals surface area contributed by atoms with Crippen LogP contribution in [0.25, 0.3) is 0 Å². The molecule has 2 N–H and O–H groups in total. The maximum atomic E-state index is 13.5. The predicted octanol–water partition coefficient (Wildman–Crippen LogP) is 2.26. The van der Waals surface area contributed by atoms with Crippen molar-refractivity contribution in [3.8, 4) is 0 Å². The molecular weight excluding hydrogens is 353 g/mol. The Hall–Kier alpha value is -3.36. The molecule has 0 aromatic heterocycles. The normalized spacial score (nSPS) is 10.2. The van der Waals surface area contributed by atoms with Crippen LogP contribution in [0, 0.1) is 17.5 Å². The molecule has 2 amide bonds. The molecule has 0 aliphatic carbocycles. The van der Waals surface area contributed by atoms with Crippen molar-refractivity contribution < 1.29 is 32.3 Å². The Bertz CT molecular complexity index is 854. The largest absolute Gasteiger partial charge is 0.465 e. The second-order valence-corrected chi connectivity index (χ2v) is 5.02. The smallest absolute Gasteiger partial charge is 0.337 e. The number of hydrogen-bond acceptors (Lipinski definition) is 4. The number of methoxy groups -OCH3 is 1. The number of amides is 2. The minimum atomic E-state index is -1.77. The van der Waals surface area contributed by atoms with Crippen LogP contribution in [0.2, 0.25) is 0 Å². The summed E-state index contributed by atoms with van der Waals surface area (Å²) in [6.07, 6.45) is 0. The quantitative estimate of drug-likeness (QED) is 0.628. The van der Waals surface area contributed by atoms with Crippen LogP contribution in [0.15, 0.2) is 36.4 Å². The zero-order valence-corrected chi connectivity index (χ0v) is 13.4. The molecule has 0 radical (unpaired) electrons. The van der Waals surface area contributed by atoms with Gasteiger partial charge in [0.2, 0.25) is 5.91 Å². The molecule has 136 valence electrons. The van der Waals surface area contributed by atoms with E-state index in [0.29, 0.717) is 11.8 Å². The van der Waals surface area contributed by atoms with E-state index in [1.807, 2.05) is 0 Å². The molecule has 2 rings (SSSR count). The SMILES string of the molecule is COC(=O)c1ccc(NC(=O)CNC(=O)c2ccc(F)c(F)c2F)cc1. The molecule has 0 saturated heterocycles. The Morgan fingerprint density at radius 3 is 2.23 bits per heavy atom. The molecule has 6 nitrogen and oxygen atoms in total. The number of rotatable bonds is 5. The minimum absolute atomic E-state index is 0.285. The van der Waals surface area contributed by atoms with Gasteiger partial charge < -0.3 is 15.4 Å². The van der Waals surface area contributed by atoms with Crippen LogP contribution < -0.4 is 10.6 Å². The topological polar surface area (TPSA) is 84.5 Å². The third-order valence-electron chi connectivity index (χ3n) is 3.28. The molecule has 0 aliphatic rings. The molecule has 0 saturated carbocycles. The van der Waals surface area contributed by atoms with Gasteiger partial charge in [-0.2, -0.15) is 0 Å². The van der Waals surface area contributed by atoms with Crippen LogP contribution in [0.4, 0.5) is 18.9 Å². The number of esters is 1. The van der Waals surface area contributed by atoms with Crippen molar-refractivity contribution in [2.45, 2.75) is 0 Å². The average molecular weight is 366 g/mol. The summed E-state index contributed by atoms with van der Waals surface area (Å²) >= 11 is 0. The average Bonchev–Trinajstić information content (AvgIpc) is 2.64. The number of carbonyl (C=O) groups excluding carboxylic acids is 3. The Kier molecular flexibility index (Phi) is 5.94. The van der Waals surface area contributed by atoms with Gasteiger partial charge in [-0.15, -0.1) is 0 Å². The van der Waals surface area contributed by atoms with Gasteiger partial charge in [0, 0.05) is 5.69 Å². The summed E-state index contributed by atoms with van der Waals surface area (Å²) in [7, 11) is 1.23. The lowest BCUT2D eigenvalue weighted by Crippen LogP contribution is -2.33. The van der Waals surface area contributed by atoms with Gasteiger partial charge >= 0.3 is 5.97 Å². The summed E-state index contributed by atoms with van der Waals surface area (Å²) in [6.45, 7) is -0.532. The highest BCUT2D eigenvalue weighted by Crippen LogP contribution is 2.15. The monoisotopic (exact) mass is 366 g/mol. The summed E-state index contributed by atoms with van der Waals surface area (Å²) < 4.78 is 44.0. The first-order chi connectivity index (χ1) is 12.3. The van der Waals surface area contributed by atoms with Crippen molar-refractivity contribution in [2.24, 2.45) is 0 Å². The highest BCUT2D eigenvalue weighted by Gasteiger charge is 2.19. The molecule has 0 spiro atoms.